The van der Waals surface area contributed by atoms with Crippen LogP contribution in [-0.2, 0) is 11.2 Å². The summed E-state index contributed by atoms with van der Waals surface area (Å²) in [5, 5.41) is 0. The van der Waals surface area contributed by atoms with Crippen molar-refractivity contribution in [3.8, 4) is 11.5 Å². The fraction of sp³-hybridized carbons (Fsp3) is 0.611. The van der Waals surface area contributed by atoms with E-state index in [4.69, 9.17) is 9.47 Å². The van der Waals surface area contributed by atoms with Gasteiger partial charge < -0.3 is 9.47 Å². The van der Waals surface area contributed by atoms with Crippen LogP contribution in [0.2, 0.25) is 0 Å². The van der Waals surface area contributed by atoms with Gasteiger partial charge in [0, 0.05) is 18.9 Å². The summed E-state index contributed by atoms with van der Waals surface area (Å²) in [5.41, 5.74) is 0.573. The summed E-state index contributed by atoms with van der Waals surface area (Å²) in [5.74, 6) is 1.04. The summed E-state index contributed by atoms with van der Waals surface area (Å²) in [7, 11) is 0. The number of ether oxygens (including phenoxy) is 2. The van der Waals surface area contributed by atoms with E-state index in [1.54, 1.807) is 6.07 Å². The number of hydrogen-bond donors (Lipinski definition) is 0. The van der Waals surface area contributed by atoms with Crippen LogP contribution in [0.4, 0.5) is 4.39 Å². The molecule has 1 rings (SSSR count). The van der Waals surface area contributed by atoms with Crippen LogP contribution in [0.15, 0.2) is 12.1 Å². The zero-order valence-electron chi connectivity index (χ0n) is 14.1. The lowest BCUT2D eigenvalue weighted by Crippen LogP contribution is -2.09. The number of carbonyl (C=O) groups is 1. The summed E-state index contributed by atoms with van der Waals surface area (Å²) >= 11 is 0. The fourth-order valence-electron chi connectivity index (χ4n) is 2.49. The van der Waals surface area contributed by atoms with Crippen LogP contribution in [0.3, 0.4) is 0 Å². The lowest BCUT2D eigenvalue weighted by atomic mass is 9.94. The maximum absolute atomic E-state index is 14.2. The van der Waals surface area contributed by atoms with Gasteiger partial charge in [-0.25, -0.2) is 4.39 Å². The molecule has 1 atom stereocenters. The third kappa shape index (κ3) is 5.66. The number of benzene rings is 1. The molecule has 0 spiro atoms. The number of carbonyl (C=O) groups excluding carboxylic acids is 1. The molecule has 4 heteroatoms. The van der Waals surface area contributed by atoms with Crippen molar-refractivity contribution in [2.75, 3.05) is 13.2 Å². The average molecular weight is 310 g/mol. The normalized spacial score (nSPS) is 12.0. The van der Waals surface area contributed by atoms with Crippen LogP contribution in [0.25, 0.3) is 0 Å². The molecule has 3 nitrogen and oxygen atoms in total. The van der Waals surface area contributed by atoms with Crippen LogP contribution < -0.4 is 9.47 Å². The van der Waals surface area contributed by atoms with E-state index in [1.807, 2.05) is 27.7 Å². The Hall–Kier alpha value is -1.58. The summed E-state index contributed by atoms with van der Waals surface area (Å²) in [6.45, 7) is 8.65. The van der Waals surface area contributed by atoms with Gasteiger partial charge in [-0.15, -0.1) is 0 Å². The molecule has 0 fully saturated rings. The fourth-order valence-corrected chi connectivity index (χ4v) is 2.49. The Morgan fingerprint density at radius 3 is 2.27 bits per heavy atom. The second kappa shape index (κ2) is 9.44. The van der Waals surface area contributed by atoms with Gasteiger partial charge in [0.15, 0.2) is 11.5 Å². The molecule has 124 valence electrons. The highest BCUT2D eigenvalue weighted by atomic mass is 19.1. The van der Waals surface area contributed by atoms with Crippen LogP contribution in [-0.4, -0.2) is 19.0 Å². The average Bonchev–Trinajstić information content (AvgIpc) is 2.44. The standard InChI is InChI=1S/C18H27FO3/c1-5-8-15(20)10-13(4)9-14-11-17(21-6-2)18(22-7-3)12-16(14)19/h11-13H,5-10H2,1-4H3. The van der Waals surface area contributed by atoms with E-state index in [0.717, 1.165) is 6.42 Å². The first-order chi connectivity index (χ1) is 10.5. The molecule has 0 aromatic heterocycles. The molecule has 0 aliphatic heterocycles. The van der Waals surface area contributed by atoms with E-state index < -0.39 is 0 Å². The minimum Gasteiger partial charge on any atom is -0.490 e. The molecule has 1 aromatic carbocycles. The molecular formula is C18H27FO3. The smallest absolute Gasteiger partial charge is 0.164 e. The number of halogens is 1. The first-order valence-electron chi connectivity index (χ1n) is 8.11. The van der Waals surface area contributed by atoms with Crippen LogP contribution in [0, 0.1) is 11.7 Å². The van der Waals surface area contributed by atoms with Crippen molar-refractivity contribution in [3.63, 3.8) is 0 Å². The summed E-state index contributed by atoms with van der Waals surface area (Å²) < 4.78 is 25.2. The first kappa shape index (κ1) is 18.5. The Bertz CT molecular complexity index is 485. The lowest BCUT2D eigenvalue weighted by Gasteiger charge is -2.15. The minimum absolute atomic E-state index is 0.112. The predicted molar refractivity (Wildman–Crippen MR) is 86.1 cm³/mol. The number of ketones is 1. The molecular weight excluding hydrogens is 283 g/mol. The molecule has 0 radical (unpaired) electrons. The zero-order chi connectivity index (χ0) is 16.5. The molecule has 1 unspecified atom stereocenters. The van der Waals surface area contributed by atoms with Gasteiger partial charge in [0.2, 0.25) is 0 Å². The molecule has 0 aliphatic rings. The Morgan fingerprint density at radius 1 is 1.14 bits per heavy atom. The second-order valence-electron chi connectivity index (χ2n) is 5.56. The maximum Gasteiger partial charge on any atom is 0.164 e. The monoisotopic (exact) mass is 310 g/mol. The number of Topliss-reactive ketones (excluding diaryl/α,β-unsaturated/α-hetero) is 1. The molecule has 0 amide bonds. The first-order valence-corrected chi connectivity index (χ1v) is 8.11. The molecule has 0 bridgehead atoms. The van der Waals surface area contributed by atoms with Crippen molar-refractivity contribution in [3.05, 3.63) is 23.5 Å². The van der Waals surface area contributed by atoms with Gasteiger partial charge in [-0.3, -0.25) is 4.79 Å². The van der Waals surface area contributed by atoms with Crippen molar-refractivity contribution < 1.29 is 18.7 Å². The van der Waals surface area contributed by atoms with Gasteiger partial charge >= 0.3 is 0 Å². The molecule has 22 heavy (non-hydrogen) atoms. The van der Waals surface area contributed by atoms with Crippen LogP contribution >= 0.6 is 0 Å². The van der Waals surface area contributed by atoms with E-state index in [1.165, 1.54) is 6.07 Å². The number of hydrogen-bond acceptors (Lipinski definition) is 3. The van der Waals surface area contributed by atoms with Crippen molar-refractivity contribution >= 4 is 5.78 Å². The quantitative estimate of drug-likeness (QED) is 0.635. The van der Waals surface area contributed by atoms with E-state index >= 15 is 0 Å². The van der Waals surface area contributed by atoms with Gasteiger partial charge in [-0.05, 0) is 44.2 Å². The Kier molecular flexibility index (Phi) is 7.92. The van der Waals surface area contributed by atoms with Crippen molar-refractivity contribution in [1.82, 2.24) is 0 Å². The highest BCUT2D eigenvalue weighted by Gasteiger charge is 2.16. The largest absolute Gasteiger partial charge is 0.490 e. The van der Waals surface area contributed by atoms with E-state index in [-0.39, 0.29) is 17.5 Å². The maximum atomic E-state index is 14.2. The highest BCUT2D eigenvalue weighted by molar-refractivity contribution is 5.78. The Labute approximate surface area is 132 Å². The van der Waals surface area contributed by atoms with Gasteiger partial charge in [-0.1, -0.05) is 13.8 Å². The minimum atomic E-state index is -0.304. The molecule has 0 saturated heterocycles. The summed E-state index contributed by atoms with van der Waals surface area (Å²) in [4.78, 5) is 11.7. The topological polar surface area (TPSA) is 35.5 Å². The van der Waals surface area contributed by atoms with E-state index in [9.17, 15) is 9.18 Å². The number of rotatable bonds is 10. The van der Waals surface area contributed by atoms with Crippen LogP contribution in [0.1, 0.15) is 52.5 Å². The Balaban J connectivity index is 2.85. The molecule has 0 N–H and O–H groups in total. The van der Waals surface area contributed by atoms with Crippen molar-refractivity contribution in [2.45, 2.75) is 53.4 Å². The molecule has 1 aromatic rings. The molecule has 0 saturated carbocycles. The highest BCUT2D eigenvalue weighted by Crippen LogP contribution is 2.32. The van der Waals surface area contributed by atoms with E-state index in [2.05, 4.69) is 0 Å². The SMILES string of the molecule is CCCC(=O)CC(C)Cc1cc(OCC)c(OCC)cc1F. The van der Waals surface area contributed by atoms with Crippen molar-refractivity contribution in [1.29, 1.82) is 0 Å². The van der Waals surface area contributed by atoms with Crippen molar-refractivity contribution in [2.24, 2.45) is 5.92 Å². The third-order valence-electron chi connectivity index (χ3n) is 3.39. The lowest BCUT2D eigenvalue weighted by molar-refractivity contribution is -0.119. The predicted octanol–water partition coefficient (Wildman–Crippen LogP) is 4.56. The molecule has 0 aliphatic carbocycles. The van der Waals surface area contributed by atoms with Gasteiger partial charge in [-0.2, -0.15) is 0 Å². The summed E-state index contributed by atoms with van der Waals surface area (Å²) in [6.07, 6.45) is 2.47. The third-order valence-corrected chi connectivity index (χ3v) is 3.39. The van der Waals surface area contributed by atoms with Gasteiger partial charge in [0.25, 0.3) is 0 Å². The summed E-state index contributed by atoms with van der Waals surface area (Å²) in [6, 6.07) is 3.08. The second-order valence-corrected chi connectivity index (χ2v) is 5.56. The van der Waals surface area contributed by atoms with Gasteiger partial charge in [0.05, 0.1) is 13.2 Å². The van der Waals surface area contributed by atoms with Gasteiger partial charge in [0.1, 0.15) is 11.6 Å². The zero-order valence-corrected chi connectivity index (χ0v) is 14.1. The van der Waals surface area contributed by atoms with E-state index in [0.29, 0.717) is 49.5 Å². The Morgan fingerprint density at radius 2 is 1.73 bits per heavy atom. The van der Waals surface area contributed by atoms with Crippen LogP contribution in [0.5, 0.6) is 11.5 Å². The molecule has 0 heterocycles.